The number of rotatable bonds is 7. The van der Waals surface area contributed by atoms with Gasteiger partial charge in [0.15, 0.2) is 0 Å². The van der Waals surface area contributed by atoms with Crippen LogP contribution in [0, 0.1) is 5.92 Å². The van der Waals surface area contributed by atoms with E-state index in [4.69, 9.17) is 0 Å². The van der Waals surface area contributed by atoms with Crippen LogP contribution in [0.5, 0.6) is 0 Å². The second kappa shape index (κ2) is 11.0. The molecule has 0 saturated carbocycles. The monoisotopic (exact) mass is 460 g/mol. The van der Waals surface area contributed by atoms with Gasteiger partial charge in [0, 0.05) is 18.2 Å². The van der Waals surface area contributed by atoms with E-state index in [1.165, 1.54) is 31.4 Å². The second-order valence-corrected chi connectivity index (χ2v) is 9.24. The summed E-state index contributed by atoms with van der Waals surface area (Å²) in [5.41, 5.74) is 6.15. The average Bonchev–Trinajstić information content (AvgIpc) is 3.24. The third kappa shape index (κ3) is 5.48. The predicted molar refractivity (Wildman–Crippen MR) is 138 cm³/mol. The Hall–Kier alpha value is -2.62. The van der Waals surface area contributed by atoms with Crippen molar-refractivity contribution in [2.75, 3.05) is 19.6 Å². The number of carbonyl (C=O) groups excluding carboxylic acids is 1. The number of unbranched alkanes of at least 4 members (excludes halogenated alkanes) is 1. The van der Waals surface area contributed by atoms with Gasteiger partial charge < -0.3 is 5.32 Å². The van der Waals surface area contributed by atoms with Gasteiger partial charge in [-0.05, 0) is 85.5 Å². The maximum Gasteiger partial charge on any atom is 0.251 e. The topological polar surface area (TPSA) is 32.3 Å². The molecular formula is C29H33ClN2O. The first-order valence-corrected chi connectivity index (χ1v) is 12.0. The first kappa shape index (κ1) is 23.5. The van der Waals surface area contributed by atoms with Gasteiger partial charge in [0.05, 0.1) is 0 Å². The molecule has 4 heteroatoms. The highest BCUT2D eigenvalue weighted by atomic mass is 35.5. The lowest BCUT2D eigenvalue weighted by Crippen LogP contribution is -2.38. The van der Waals surface area contributed by atoms with Crippen molar-refractivity contribution in [3.05, 3.63) is 95.6 Å². The van der Waals surface area contributed by atoms with Crippen LogP contribution >= 0.6 is 12.4 Å². The molecular weight excluding hydrogens is 428 g/mol. The summed E-state index contributed by atoms with van der Waals surface area (Å²) < 4.78 is 0. The number of carbonyl (C=O) groups is 1. The largest absolute Gasteiger partial charge is 0.352 e. The standard InChI is InChI=1S/C29H32N2O.ClH/c32-29(24-14-12-23(13-15-24)22-8-2-1-3-9-22)30-17-6-7-18-31-19-16-27-20-25-10-4-5-11-26(25)21-28(27)31;/h1-5,8-15,27-28H,6-7,16-21H2,(H,30,32);1H. The summed E-state index contributed by atoms with van der Waals surface area (Å²) in [5.74, 6) is 0.846. The summed E-state index contributed by atoms with van der Waals surface area (Å²) in [6.45, 7) is 3.11. The molecule has 1 aliphatic heterocycles. The fraction of sp³-hybridized carbons (Fsp3) is 0.345. The van der Waals surface area contributed by atoms with Gasteiger partial charge in [-0.15, -0.1) is 12.4 Å². The van der Waals surface area contributed by atoms with Gasteiger partial charge in [0.1, 0.15) is 0 Å². The first-order valence-electron chi connectivity index (χ1n) is 12.0. The van der Waals surface area contributed by atoms with Gasteiger partial charge in [-0.25, -0.2) is 0 Å². The third-order valence-corrected chi connectivity index (χ3v) is 7.24. The molecule has 1 saturated heterocycles. The van der Waals surface area contributed by atoms with Crippen LogP contribution in [0.25, 0.3) is 11.1 Å². The number of nitrogens with zero attached hydrogens (tertiary/aromatic N) is 1. The molecule has 3 aromatic rings. The van der Waals surface area contributed by atoms with Gasteiger partial charge in [0.25, 0.3) is 5.91 Å². The van der Waals surface area contributed by atoms with Gasteiger partial charge >= 0.3 is 0 Å². The van der Waals surface area contributed by atoms with E-state index in [0.717, 1.165) is 43.0 Å². The van der Waals surface area contributed by atoms with Crippen molar-refractivity contribution in [3.63, 3.8) is 0 Å². The molecule has 33 heavy (non-hydrogen) atoms. The molecule has 1 amide bonds. The normalized spacial score (nSPS) is 19.3. The van der Waals surface area contributed by atoms with Crippen LogP contribution in [0.3, 0.4) is 0 Å². The Balaban J connectivity index is 0.00000259. The van der Waals surface area contributed by atoms with Crippen LogP contribution in [-0.2, 0) is 12.8 Å². The van der Waals surface area contributed by atoms with E-state index in [1.807, 2.05) is 42.5 Å². The lowest BCUT2D eigenvalue weighted by Gasteiger charge is -2.33. The predicted octanol–water partition coefficient (Wildman–Crippen LogP) is 5.77. The number of hydrogen-bond donors (Lipinski definition) is 1. The number of benzene rings is 3. The molecule has 2 atom stereocenters. The van der Waals surface area contributed by atoms with Crippen LogP contribution < -0.4 is 5.32 Å². The van der Waals surface area contributed by atoms with Crippen LogP contribution in [0.2, 0.25) is 0 Å². The van der Waals surface area contributed by atoms with Crippen molar-refractivity contribution in [2.24, 2.45) is 5.92 Å². The zero-order valence-corrected chi connectivity index (χ0v) is 19.9. The van der Waals surface area contributed by atoms with Gasteiger partial charge in [0.2, 0.25) is 0 Å². The fourth-order valence-electron chi connectivity index (χ4n) is 5.45. The van der Waals surface area contributed by atoms with Crippen molar-refractivity contribution in [1.82, 2.24) is 10.2 Å². The van der Waals surface area contributed by atoms with Crippen LogP contribution in [-0.4, -0.2) is 36.5 Å². The summed E-state index contributed by atoms with van der Waals surface area (Å²) in [7, 11) is 0. The molecule has 0 radical (unpaired) electrons. The number of likely N-dealkylation sites (tertiary alicyclic amines) is 1. The summed E-state index contributed by atoms with van der Waals surface area (Å²) in [6, 6.07) is 27.8. The molecule has 0 bridgehead atoms. The van der Waals surface area contributed by atoms with Crippen LogP contribution in [0.4, 0.5) is 0 Å². The van der Waals surface area contributed by atoms with Crippen molar-refractivity contribution >= 4 is 18.3 Å². The average molecular weight is 461 g/mol. The Labute approximate surface area is 203 Å². The van der Waals surface area contributed by atoms with E-state index in [1.54, 1.807) is 11.1 Å². The van der Waals surface area contributed by atoms with E-state index in [-0.39, 0.29) is 18.3 Å². The molecule has 3 nitrogen and oxygen atoms in total. The SMILES string of the molecule is Cl.O=C(NCCCCN1CCC2Cc3ccccc3CC21)c1ccc(-c2ccccc2)cc1. The van der Waals surface area contributed by atoms with E-state index in [9.17, 15) is 4.79 Å². The Morgan fingerprint density at radius 3 is 2.24 bits per heavy atom. The minimum absolute atomic E-state index is 0. The van der Waals surface area contributed by atoms with E-state index >= 15 is 0 Å². The fourth-order valence-corrected chi connectivity index (χ4v) is 5.45. The van der Waals surface area contributed by atoms with Crippen molar-refractivity contribution in [3.8, 4) is 11.1 Å². The molecule has 2 aliphatic rings. The first-order chi connectivity index (χ1) is 15.8. The third-order valence-electron chi connectivity index (χ3n) is 7.24. The summed E-state index contributed by atoms with van der Waals surface area (Å²) in [6.07, 6.45) is 5.94. The molecule has 1 fully saturated rings. The number of nitrogens with one attached hydrogen (secondary N) is 1. The van der Waals surface area contributed by atoms with E-state index in [0.29, 0.717) is 6.04 Å². The van der Waals surface area contributed by atoms with Crippen LogP contribution in [0.1, 0.15) is 40.7 Å². The number of amides is 1. The van der Waals surface area contributed by atoms with E-state index in [2.05, 4.69) is 46.6 Å². The zero-order chi connectivity index (χ0) is 21.8. The number of fused-ring (bicyclic) bond motifs is 2. The summed E-state index contributed by atoms with van der Waals surface area (Å²) in [4.78, 5) is 15.2. The molecule has 1 heterocycles. The Morgan fingerprint density at radius 1 is 0.818 bits per heavy atom. The highest BCUT2D eigenvalue weighted by Gasteiger charge is 2.36. The Morgan fingerprint density at radius 2 is 1.48 bits per heavy atom. The van der Waals surface area contributed by atoms with Crippen molar-refractivity contribution in [1.29, 1.82) is 0 Å². The number of hydrogen-bond acceptors (Lipinski definition) is 2. The molecule has 2 unspecified atom stereocenters. The van der Waals surface area contributed by atoms with Crippen LogP contribution in [0.15, 0.2) is 78.9 Å². The van der Waals surface area contributed by atoms with E-state index < -0.39 is 0 Å². The maximum atomic E-state index is 12.5. The highest BCUT2D eigenvalue weighted by molar-refractivity contribution is 5.94. The lowest BCUT2D eigenvalue weighted by molar-refractivity contribution is 0.0952. The Bertz CT molecular complexity index is 1050. The molecule has 172 valence electrons. The smallest absolute Gasteiger partial charge is 0.251 e. The van der Waals surface area contributed by atoms with Crippen molar-refractivity contribution < 1.29 is 4.79 Å². The maximum absolute atomic E-state index is 12.5. The minimum atomic E-state index is 0. The second-order valence-electron chi connectivity index (χ2n) is 9.24. The van der Waals surface area contributed by atoms with Gasteiger partial charge in [-0.3, -0.25) is 9.69 Å². The zero-order valence-electron chi connectivity index (χ0n) is 19.1. The molecule has 1 N–H and O–H groups in total. The summed E-state index contributed by atoms with van der Waals surface area (Å²) in [5, 5.41) is 3.10. The molecule has 3 aromatic carbocycles. The molecule has 0 aromatic heterocycles. The number of halogens is 1. The molecule has 1 aliphatic carbocycles. The van der Waals surface area contributed by atoms with Gasteiger partial charge in [-0.2, -0.15) is 0 Å². The lowest BCUT2D eigenvalue weighted by atomic mass is 9.80. The Kier molecular flexibility index (Phi) is 7.85. The highest BCUT2D eigenvalue weighted by Crippen LogP contribution is 2.35. The van der Waals surface area contributed by atoms with Crippen molar-refractivity contribution in [2.45, 2.75) is 38.1 Å². The summed E-state index contributed by atoms with van der Waals surface area (Å²) >= 11 is 0. The minimum Gasteiger partial charge on any atom is -0.352 e. The van der Waals surface area contributed by atoms with Gasteiger partial charge in [-0.1, -0.05) is 66.7 Å². The molecule has 0 spiro atoms. The quantitative estimate of drug-likeness (QED) is 0.453. The molecule has 5 rings (SSSR count).